The van der Waals surface area contributed by atoms with E-state index in [1.54, 1.807) is 13.1 Å². The molecule has 18 heavy (non-hydrogen) atoms. The van der Waals surface area contributed by atoms with Crippen LogP contribution >= 0.6 is 11.8 Å². The number of aromatic nitrogens is 1. The number of rotatable bonds is 3. The van der Waals surface area contributed by atoms with Gasteiger partial charge in [0.25, 0.3) is 0 Å². The van der Waals surface area contributed by atoms with E-state index in [-0.39, 0.29) is 11.9 Å². The van der Waals surface area contributed by atoms with Gasteiger partial charge in [0.2, 0.25) is 0 Å². The Morgan fingerprint density at radius 3 is 2.72 bits per heavy atom. The average molecular weight is 262 g/mol. The summed E-state index contributed by atoms with van der Waals surface area (Å²) >= 11 is 1.51. The second-order valence-electron chi connectivity index (χ2n) is 4.20. The van der Waals surface area contributed by atoms with Crippen molar-refractivity contribution in [1.82, 2.24) is 4.98 Å². The number of benzene rings is 1. The van der Waals surface area contributed by atoms with Gasteiger partial charge < -0.3 is 5.73 Å². The van der Waals surface area contributed by atoms with Crippen molar-refractivity contribution in [2.24, 2.45) is 5.73 Å². The fourth-order valence-corrected chi connectivity index (χ4v) is 2.72. The molecule has 0 saturated carbocycles. The molecule has 2 rings (SSSR count). The van der Waals surface area contributed by atoms with Crippen LogP contribution in [-0.2, 0) is 0 Å². The van der Waals surface area contributed by atoms with Crippen LogP contribution in [0.5, 0.6) is 0 Å². The normalized spacial score (nSPS) is 12.4. The fourth-order valence-electron chi connectivity index (χ4n) is 1.63. The Morgan fingerprint density at radius 2 is 2.11 bits per heavy atom. The molecule has 94 valence electrons. The van der Waals surface area contributed by atoms with E-state index in [0.29, 0.717) is 5.56 Å². The van der Waals surface area contributed by atoms with Crippen molar-refractivity contribution in [2.45, 2.75) is 29.8 Å². The molecule has 1 aromatic carbocycles. The molecule has 1 atom stereocenters. The van der Waals surface area contributed by atoms with Crippen molar-refractivity contribution in [3.63, 3.8) is 0 Å². The van der Waals surface area contributed by atoms with Crippen LogP contribution in [0.4, 0.5) is 4.39 Å². The molecule has 0 aliphatic carbocycles. The monoisotopic (exact) mass is 262 g/mol. The van der Waals surface area contributed by atoms with Gasteiger partial charge in [-0.1, -0.05) is 17.8 Å². The van der Waals surface area contributed by atoms with Crippen LogP contribution in [0.25, 0.3) is 0 Å². The first-order valence-corrected chi connectivity index (χ1v) is 6.54. The maximum absolute atomic E-state index is 13.6. The summed E-state index contributed by atoms with van der Waals surface area (Å²) in [6, 6.07) is 8.86. The van der Waals surface area contributed by atoms with Gasteiger partial charge in [0.05, 0.1) is 0 Å². The second kappa shape index (κ2) is 5.50. The molecule has 0 bridgehead atoms. The molecule has 0 aliphatic rings. The van der Waals surface area contributed by atoms with Crippen molar-refractivity contribution in [3.05, 3.63) is 53.5 Å². The van der Waals surface area contributed by atoms with Crippen LogP contribution < -0.4 is 5.73 Å². The summed E-state index contributed by atoms with van der Waals surface area (Å²) in [6.45, 7) is 3.61. The fraction of sp³-hybridized carbons (Fsp3) is 0.214. The molecule has 2 N–H and O–H groups in total. The van der Waals surface area contributed by atoms with Crippen molar-refractivity contribution < 1.29 is 4.39 Å². The summed E-state index contributed by atoms with van der Waals surface area (Å²) in [4.78, 5) is 5.22. The van der Waals surface area contributed by atoms with Crippen molar-refractivity contribution >= 4 is 11.8 Å². The molecule has 2 aromatic rings. The third kappa shape index (κ3) is 2.89. The Labute approximate surface area is 110 Å². The quantitative estimate of drug-likeness (QED) is 0.916. The van der Waals surface area contributed by atoms with Gasteiger partial charge in [-0.05, 0) is 49.2 Å². The highest BCUT2D eigenvalue weighted by molar-refractivity contribution is 7.99. The van der Waals surface area contributed by atoms with E-state index in [1.807, 2.05) is 31.2 Å². The van der Waals surface area contributed by atoms with E-state index in [2.05, 4.69) is 4.98 Å². The molecule has 0 aliphatic heterocycles. The van der Waals surface area contributed by atoms with Gasteiger partial charge in [-0.25, -0.2) is 9.37 Å². The van der Waals surface area contributed by atoms with E-state index in [9.17, 15) is 4.39 Å². The summed E-state index contributed by atoms with van der Waals surface area (Å²) in [5.74, 6) is -0.215. The zero-order chi connectivity index (χ0) is 13.1. The predicted molar refractivity (Wildman–Crippen MR) is 72.1 cm³/mol. The first kappa shape index (κ1) is 13.1. The van der Waals surface area contributed by atoms with Gasteiger partial charge in [-0.15, -0.1) is 0 Å². The van der Waals surface area contributed by atoms with E-state index < -0.39 is 0 Å². The van der Waals surface area contributed by atoms with Gasteiger partial charge >= 0.3 is 0 Å². The summed E-state index contributed by atoms with van der Waals surface area (Å²) in [5.41, 5.74) is 7.32. The molecular formula is C14H15FN2S. The van der Waals surface area contributed by atoms with Gasteiger partial charge in [-0.3, -0.25) is 0 Å². The highest BCUT2D eigenvalue weighted by Crippen LogP contribution is 2.33. The Bertz CT molecular complexity index is 541. The SMILES string of the molecule is Cc1cc(Sc2ccccn2)c([C@@H](C)N)cc1F. The van der Waals surface area contributed by atoms with Crippen LogP contribution in [0.15, 0.2) is 46.5 Å². The van der Waals surface area contributed by atoms with E-state index in [1.165, 1.54) is 17.8 Å². The van der Waals surface area contributed by atoms with Gasteiger partial charge in [0.15, 0.2) is 0 Å². The highest BCUT2D eigenvalue weighted by atomic mass is 32.2. The van der Waals surface area contributed by atoms with Gasteiger partial charge in [0, 0.05) is 17.1 Å². The van der Waals surface area contributed by atoms with Gasteiger partial charge in [-0.2, -0.15) is 0 Å². The summed E-state index contributed by atoms with van der Waals surface area (Å²) in [5, 5.41) is 0.880. The second-order valence-corrected chi connectivity index (χ2v) is 5.26. The zero-order valence-corrected chi connectivity index (χ0v) is 11.2. The topological polar surface area (TPSA) is 38.9 Å². The third-order valence-corrected chi connectivity index (χ3v) is 3.66. The predicted octanol–water partition coefficient (Wildman–Crippen LogP) is 3.70. The lowest BCUT2D eigenvalue weighted by Crippen LogP contribution is -2.07. The average Bonchev–Trinajstić information content (AvgIpc) is 2.34. The molecule has 4 heteroatoms. The zero-order valence-electron chi connectivity index (χ0n) is 10.4. The number of nitrogens with two attached hydrogens (primary N) is 1. The number of nitrogens with zero attached hydrogens (tertiary/aromatic N) is 1. The number of halogens is 1. The van der Waals surface area contributed by atoms with Crippen LogP contribution in [0, 0.1) is 12.7 Å². The maximum Gasteiger partial charge on any atom is 0.126 e. The van der Waals surface area contributed by atoms with E-state index in [4.69, 9.17) is 5.73 Å². The molecule has 0 unspecified atom stereocenters. The lowest BCUT2D eigenvalue weighted by Gasteiger charge is -2.13. The lowest BCUT2D eigenvalue weighted by atomic mass is 10.1. The van der Waals surface area contributed by atoms with E-state index in [0.717, 1.165) is 15.5 Å². The van der Waals surface area contributed by atoms with E-state index >= 15 is 0 Å². The standard InChI is InChI=1S/C14H15FN2S/c1-9-7-13(11(10(2)16)8-12(9)15)18-14-5-3-4-6-17-14/h3-8,10H,16H2,1-2H3/t10-/m1/s1. The third-order valence-electron chi connectivity index (χ3n) is 2.63. The Balaban J connectivity index is 2.40. The van der Waals surface area contributed by atoms with Crippen molar-refractivity contribution in [2.75, 3.05) is 0 Å². The smallest absolute Gasteiger partial charge is 0.126 e. The largest absolute Gasteiger partial charge is 0.324 e. The number of hydrogen-bond acceptors (Lipinski definition) is 3. The minimum atomic E-state index is -0.215. The summed E-state index contributed by atoms with van der Waals surface area (Å²) in [7, 11) is 0. The minimum absolute atomic E-state index is 0.202. The lowest BCUT2D eigenvalue weighted by molar-refractivity contribution is 0.610. The van der Waals surface area contributed by atoms with Crippen LogP contribution in [0.3, 0.4) is 0 Å². The summed E-state index contributed by atoms with van der Waals surface area (Å²) in [6.07, 6.45) is 1.74. The number of pyridine rings is 1. The molecule has 0 radical (unpaired) electrons. The maximum atomic E-state index is 13.6. The Morgan fingerprint density at radius 1 is 1.33 bits per heavy atom. The molecule has 0 amide bonds. The number of aryl methyl sites for hydroxylation is 1. The minimum Gasteiger partial charge on any atom is -0.324 e. The molecule has 0 saturated heterocycles. The molecule has 1 heterocycles. The highest BCUT2D eigenvalue weighted by Gasteiger charge is 2.12. The molecule has 2 nitrogen and oxygen atoms in total. The van der Waals surface area contributed by atoms with Crippen molar-refractivity contribution in [3.8, 4) is 0 Å². The molecule has 1 aromatic heterocycles. The van der Waals surface area contributed by atoms with Crippen LogP contribution in [0.2, 0.25) is 0 Å². The van der Waals surface area contributed by atoms with Gasteiger partial charge in [0.1, 0.15) is 10.8 Å². The van der Waals surface area contributed by atoms with Crippen LogP contribution in [0.1, 0.15) is 24.1 Å². The molecule has 0 spiro atoms. The van der Waals surface area contributed by atoms with Crippen LogP contribution in [-0.4, -0.2) is 4.98 Å². The molecular weight excluding hydrogens is 247 g/mol. The first-order valence-electron chi connectivity index (χ1n) is 5.72. The first-order chi connectivity index (χ1) is 8.58. The van der Waals surface area contributed by atoms with Crippen molar-refractivity contribution in [1.29, 1.82) is 0 Å². The summed E-state index contributed by atoms with van der Waals surface area (Å²) < 4.78 is 13.6. The Hall–Kier alpha value is -1.39. The number of hydrogen-bond donors (Lipinski definition) is 1. The molecule has 0 fully saturated rings. The Kier molecular flexibility index (Phi) is 3.99.